The van der Waals surface area contributed by atoms with Gasteiger partial charge < -0.3 is 15.7 Å². The number of hydrogen-bond acceptors (Lipinski definition) is 3. The van der Waals surface area contributed by atoms with Crippen LogP contribution in [0, 0.1) is 0 Å². The predicted octanol–water partition coefficient (Wildman–Crippen LogP) is 1.59. The molecule has 120 valence electrons. The number of nitrogens with one attached hydrogen (secondary N) is 2. The molecule has 0 unspecified atom stereocenters. The minimum atomic E-state index is -1.10. The topological polar surface area (TPSA) is 95.5 Å². The van der Waals surface area contributed by atoms with E-state index in [1.165, 1.54) is 0 Å². The summed E-state index contributed by atoms with van der Waals surface area (Å²) in [6.07, 6.45) is 5.46. The average molecular weight is 298 g/mol. The van der Waals surface area contributed by atoms with Crippen molar-refractivity contribution in [2.45, 2.75) is 70.3 Å². The van der Waals surface area contributed by atoms with Gasteiger partial charge in [0, 0.05) is 19.4 Å². The SMILES string of the molecule is CCCNC(=O)CCCC(=O)NC1(C(=O)O)CCCCC1. The molecule has 1 aliphatic carbocycles. The molecule has 0 spiro atoms. The Kier molecular flexibility index (Phi) is 7.19. The molecule has 0 heterocycles. The van der Waals surface area contributed by atoms with Crippen molar-refractivity contribution in [1.29, 1.82) is 0 Å². The molecule has 3 N–H and O–H groups in total. The number of hydrogen-bond donors (Lipinski definition) is 3. The average Bonchev–Trinajstić information content (AvgIpc) is 2.45. The molecule has 1 rings (SSSR count). The summed E-state index contributed by atoms with van der Waals surface area (Å²) in [6, 6.07) is 0. The van der Waals surface area contributed by atoms with Crippen LogP contribution in [-0.2, 0) is 14.4 Å². The third-order valence-corrected chi connectivity index (χ3v) is 3.88. The van der Waals surface area contributed by atoms with Gasteiger partial charge in [-0.25, -0.2) is 4.79 Å². The first kappa shape index (κ1) is 17.5. The van der Waals surface area contributed by atoms with Crippen LogP contribution in [0.3, 0.4) is 0 Å². The molecule has 1 aliphatic rings. The second-order valence-corrected chi connectivity index (χ2v) is 5.70. The number of rotatable bonds is 8. The van der Waals surface area contributed by atoms with E-state index in [0.29, 0.717) is 32.2 Å². The molecule has 1 saturated carbocycles. The minimum Gasteiger partial charge on any atom is -0.480 e. The van der Waals surface area contributed by atoms with E-state index < -0.39 is 11.5 Å². The lowest BCUT2D eigenvalue weighted by atomic mass is 9.81. The van der Waals surface area contributed by atoms with Gasteiger partial charge in [-0.1, -0.05) is 26.2 Å². The van der Waals surface area contributed by atoms with E-state index >= 15 is 0 Å². The second kappa shape index (κ2) is 8.64. The van der Waals surface area contributed by atoms with Gasteiger partial charge in [0.05, 0.1) is 0 Å². The number of aliphatic carboxylic acids is 1. The summed E-state index contributed by atoms with van der Waals surface area (Å²) in [5.74, 6) is -1.28. The van der Waals surface area contributed by atoms with Crippen molar-refractivity contribution in [3.63, 3.8) is 0 Å². The largest absolute Gasteiger partial charge is 0.480 e. The third kappa shape index (κ3) is 5.73. The molecule has 0 aromatic heterocycles. The van der Waals surface area contributed by atoms with E-state index in [-0.39, 0.29) is 18.2 Å². The smallest absolute Gasteiger partial charge is 0.329 e. The molecule has 6 nitrogen and oxygen atoms in total. The molecule has 0 aromatic carbocycles. The normalized spacial score (nSPS) is 17.0. The molecule has 21 heavy (non-hydrogen) atoms. The zero-order valence-electron chi connectivity index (χ0n) is 12.7. The standard InChI is InChI=1S/C15H26N2O4/c1-2-11-16-12(18)7-6-8-13(19)17-15(14(20)21)9-4-3-5-10-15/h2-11H2,1H3,(H,16,18)(H,17,19)(H,20,21). The Morgan fingerprint density at radius 2 is 1.67 bits per heavy atom. The first-order valence-electron chi connectivity index (χ1n) is 7.81. The van der Waals surface area contributed by atoms with Crippen LogP contribution in [0.5, 0.6) is 0 Å². The molecule has 0 saturated heterocycles. The fraction of sp³-hybridized carbons (Fsp3) is 0.800. The molecule has 0 aliphatic heterocycles. The van der Waals surface area contributed by atoms with Gasteiger partial charge in [0.1, 0.15) is 5.54 Å². The third-order valence-electron chi connectivity index (χ3n) is 3.88. The summed E-state index contributed by atoms with van der Waals surface area (Å²) >= 11 is 0. The Morgan fingerprint density at radius 1 is 1.05 bits per heavy atom. The van der Waals surface area contributed by atoms with Crippen molar-refractivity contribution in [3.05, 3.63) is 0 Å². The molecule has 2 amide bonds. The predicted molar refractivity (Wildman–Crippen MR) is 78.7 cm³/mol. The fourth-order valence-corrected chi connectivity index (χ4v) is 2.64. The highest BCUT2D eigenvalue weighted by Gasteiger charge is 2.40. The van der Waals surface area contributed by atoms with Crippen molar-refractivity contribution in [3.8, 4) is 0 Å². The molecular formula is C15H26N2O4. The van der Waals surface area contributed by atoms with Crippen LogP contribution in [-0.4, -0.2) is 35.0 Å². The van der Waals surface area contributed by atoms with Gasteiger partial charge in [0.25, 0.3) is 0 Å². The lowest BCUT2D eigenvalue weighted by Gasteiger charge is -2.34. The molecular weight excluding hydrogens is 272 g/mol. The lowest BCUT2D eigenvalue weighted by molar-refractivity contribution is -0.149. The van der Waals surface area contributed by atoms with Crippen LogP contribution in [0.4, 0.5) is 0 Å². The fourth-order valence-electron chi connectivity index (χ4n) is 2.64. The molecule has 1 fully saturated rings. The maximum Gasteiger partial charge on any atom is 0.329 e. The zero-order chi connectivity index (χ0) is 15.7. The first-order chi connectivity index (χ1) is 10.00. The lowest BCUT2D eigenvalue weighted by Crippen LogP contribution is -2.55. The van der Waals surface area contributed by atoms with Crippen LogP contribution in [0.15, 0.2) is 0 Å². The summed E-state index contributed by atoms with van der Waals surface area (Å²) in [6.45, 7) is 2.62. The van der Waals surface area contributed by atoms with Crippen molar-refractivity contribution < 1.29 is 19.5 Å². The van der Waals surface area contributed by atoms with E-state index in [2.05, 4.69) is 10.6 Å². The van der Waals surface area contributed by atoms with E-state index in [4.69, 9.17) is 0 Å². The van der Waals surface area contributed by atoms with Crippen molar-refractivity contribution in [2.75, 3.05) is 6.54 Å². The zero-order valence-corrected chi connectivity index (χ0v) is 12.7. The molecule has 0 atom stereocenters. The number of carboxylic acids is 1. The highest BCUT2D eigenvalue weighted by Crippen LogP contribution is 2.28. The Balaban J connectivity index is 2.34. The molecule has 0 aromatic rings. The van der Waals surface area contributed by atoms with E-state index in [1.807, 2.05) is 6.92 Å². The van der Waals surface area contributed by atoms with E-state index in [0.717, 1.165) is 25.7 Å². The first-order valence-corrected chi connectivity index (χ1v) is 7.81. The quantitative estimate of drug-likeness (QED) is 0.634. The van der Waals surface area contributed by atoms with Gasteiger partial charge in [-0.15, -0.1) is 0 Å². The van der Waals surface area contributed by atoms with Gasteiger partial charge >= 0.3 is 5.97 Å². The Hall–Kier alpha value is -1.59. The van der Waals surface area contributed by atoms with E-state index in [1.54, 1.807) is 0 Å². The van der Waals surface area contributed by atoms with Crippen LogP contribution in [0.1, 0.15) is 64.7 Å². The highest BCUT2D eigenvalue weighted by molar-refractivity contribution is 5.87. The minimum absolute atomic E-state index is 0.0599. The molecule has 0 bridgehead atoms. The Labute approximate surface area is 125 Å². The van der Waals surface area contributed by atoms with Crippen LogP contribution in [0.2, 0.25) is 0 Å². The number of amides is 2. The van der Waals surface area contributed by atoms with Gasteiger partial charge in [0.15, 0.2) is 0 Å². The van der Waals surface area contributed by atoms with Gasteiger partial charge in [-0.2, -0.15) is 0 Å². The van der Waals surface area contributed by atoms with Gasteiger partial charge in [0.2, 0.25) is 11.8 Å². The number of carbonyl (C=O) groups excluding carboxylic acids is 2. The van der Waals surface area contributed by atoms with E-state index in [9.17, 15) is 19.5 Å². The van der Waals surface area contributed by atoms with Crippen LogP contribution < -0.4 is 10.6 Å². The molecule has 0 radical (unpaired) electrons. The highest BCUT2D eigenvalue weighted by atomic mass is 16.4. The maximum absolute atomic E-state index is 11.9. The summed E-state index contributed by atoms with van der Waals surface area (Å²) in [5.41, 5.74) is -1.10. The maximum atomic E-state index is 11.9. The van der Waals surface area contributed by atoms with Crippen LogP contribution in [0.25, 0.3) is 0 Å². The Morgan fingerprint density at radius 3 is 2.24 bits per heavy atom. The van der Waals surface area contributed by atoms with Crippen molar-refractivity contribution in [1.82, 2.24) is 10.6 Å². The summed E-state index contributed by atoms with van der Waals surface area (Å²) in [7, 11) is 0. The monoisotopic (exact) mass is 298 g/mol. The summed E-state index contributed by atoms with van der Waals surface area (Å²) in [5, 5.41) is 14.8. The van der Waals surface area contributed by atoms with Crippen molar-refractivity contribution in [2.24, 2.45) is 0 Å². The summed E-state index contributed by atoms with van der Waals surface area (Å²) < 4.78 is 0. The number of carboxylic acid groups (broad SMARTS) is 1. The van der Waals surface area contributed by atoms with Crippen molar-refractivity contribution >= 4 is 17.8 Å². The molecule has 6 heteroatoms. The number of carbonyl (C=O) groups is 3. The van der Waals surface area contributed by atoms with Crippen LogP contribution >= 0.6 is 0 Å². The Bertz CT molecular complexity index is 376. The van der Waals surface area contributed by atoms with Gasteiger partial charge in [-0.05, 0) is 25.7 Å². The van der Waals surface area contributed by atoms with Gasteiger partial charge in [-0.3, -0.25) is 9.59 Å². The summed E-state index contributed by atoms with van der Waals surface area (Å²) in [4.78, 5) is 34.8. The second-order valence-electron chi connectivity index (χ2n) is 5.70.